The van der Waals surface area contributed by atoms with Crippen molar-refractivity contribution in [3.63, 3.8) is 0 Å². The lowest BCUT2D eigenvalue weighted by atomic mass is 10.1. The third-order valence-electron chi connectivity index (χ3n) is 3.21. The maximum Gasteiger partial charge on any atom is 0.0935 e. The largest absolute Gasteiger partial charge is 0.316 e. The van der Waals surface area contributed by atoms with Crippen LogP contribution in [0, 0.1) is 0 Å². The highest BCUT2D eigenvalue weighted by Crippen LogP contribution is 2.29. The molecule has 0 bridgehead atoms. The molecule has 0 saturated carbocycles. The van der Waals surface area contributed by atoms with Gasteiger partial charge in [0.15, 0.2) is 0 Å². The third-order valence-corrected chi connectivity index (χ3v) is 4.38. The molecular formula is C17H24N2S. The van der Waals surface area contributed by atoms with E-state index in [9.17, 15) is 0 Å². The highest BCUT2D eigenvalue weighted by Gasteiger charge is 2.12. The lowest BCUT2D eigenvalue weighted by Crippen LogP contribution is -2.17. The summed E-state index contributed by atoms with van der Waals surface area (Å²) in [5.74, 6) is 0. The van der Waals surface area contributed by atoms with Crippen LogP contribution in [0.2, 0.25) is 0 Å². The number of benzene rings is 1. The molecule has 0 aliphatic rings. The first-order valence-corrected chi connectivity index (χ1v) is 8.41. The van der Waals surface area contributed by atoms with Crippen LogP contribution in [0.4, 0.5) is 0 Å². The third kappa shape index (κ3) is 4.15. The van der Waals surface area contributed by atoms with Crippen LogP contribution in [-0.2, 0) is 12.8 Å². The van der Waals surface area contributed by atoms with Crippen LogP contribution in [0.3, 0.4) is 0 Å². The molecule has 0 aliphatic heterocycles. The number of hydrogen-bond acceptors (Lipinski definition) is 3. The predicted octanol–water partition coefficient (Wildman–Crippen LogP) is 4.30. The number of aryl methyl sites for hydroxylation is 1. The standard InChI is InChI=1S/C17H24N2S/c1-3-8-16-19-17(14-9-6-5-7-10-14)15(20-16)11-13-18-12-4-2/h5-7,9-10,18H,3-4,8,11-13H2,1-2H3. The molecule has 20 heavy (non-hydrogen) atoms. The van der Waals surface area contributed by atoms with E-state index in [4.69, 9.17) is 4.98 Å². The molecule has 0 fully saturated rings. The number of hydrogen-bond donors (Lipinski definition) is 1. The van der Waals surface area contributed by atoms with Crippen LogP contribution in [0.25, 0.3) is 11.3 Å². The normalized spacial score (nSPS) is 10.9. The zero-order valence-electron chi connectivity index (χ0n) is 12.5. The van der Waals surface area contributed by atoms with E-state index in [2.05, 4.69) is 49.5 Å². The summed E-state index contributed by atoms with van der Waals surface area (Å²) in [5, 5.41) is 4.76. The number of aromatic nitrogens is 1. The van der Waals surface area contributed by atoms with Gasteiger partial charge in [-0.3, -0.25) is 0 Å². The van der Waals surface area contributed by atoms with E-state index in [1.165, 1.54) is 27.6 Å². The van der Waals surface area contributed by atoms with E-state index in [-0.39, 0.29) is 0 Å². The Balaban J connectivity index is 2.15. The maximum atomic E-state index is 4.86. The van der Waals surface area contributed by atoms with E-state index >= 15 is 0 Å². The van der Waals surface area contributed by atoms with Crippen molar-refractivity contribution in [2.24, 2.45) is 0 Å². The Morgan fingerprint density at radius 3 is 2.50 bits per heavy atom. The van der Waals surface area contributed by atoms with Gasteiger partial charge >= 0.3 is 0 Å². The first kappa shape index (κ1) is 15.2. The van der Waals surface area contributed by atoms with Crippen LogP contribution in [0.1, 0.15) is 36.6 Å². The van der Waals surface area contributed by atoms with Crippen molar-refractivity contribution in [2.75, 3.05) is 13.1 Å². The zero-order valence-corrected chi connectivity index (χ0v) is 13.3. The summed E-state index contributed by atoms with van der Waals surface area (Å²) >= 11 is 1.89. The molecular weight excluding hydrogens is 264 g/mol. The first-order chi connectivity index (χ1) is 9.85. The SMILES string of the molecule is CCCNCCc1sc(CCC)nc1-c1ccccc1. The number of rotatable bonds is 8. The molecule has 0 radical (unpaired) electrons. The van der Waals surface area contributed by atoms with Gasteiger partial charge in [0.2, 0.25) is 0 Å². The summed E-state index contributed by atoms with van der Waals surface area (Å²) in [5.41, 5.74) is 2.44. The monoisotopic (exact) mass is 288 g/mol. The van der Waals surface area contributed by atoms with Crippen molar-refractivity contribution in [3.05, 3.63) is 40.2 Å². The van der Waals surface area contributed by atoms with Crippen LogP contribution in [-0.4, -0.2) is 18.1 Å². The fourth-order valence-corrected chi connectivity index (χ4v) is 3.41. The Hall–Kier alpha value is -1.19. The topological polar surface area (TPSA) is 24.9 Å². The summed E-state index contributed by atoms with van der Waals surface area (Å²) in [6, 6.07) is 10.6. The van der Waals surface area contributed by atoms with Crippen molar-refractivity contribution < 1.29 is 0 Å². The Bertz CT molecular complexity index is 505. The van der Waals surface area contributed by atoms with Crippen LogP contribution >= 0.6 is 11.3 Å². The van der Waals surface area contributed by atoms with Crippen molar-refractivity contribution in [1.29, 1.82) is 0 Å². The summed E-state index contributed by atoms with van der Waals surface area (Å²) in [6.45, 7) is 6.56. The van der Waals surface area contributed by atoms with Crippen LogP contribution in [0.5, 0.6) is 0 Å². The van der Waals surface area contributed by atoms with Crippen molar-refractivity contribution in [1.82, 2.24) is 10.3 Å². The highest BCUT2D eigenvalue weighted by atomic mass is 32.1. The minimum absolute atomic E-state index is 1.04. The second-order valence-corrected chi connectivity index (χ2v) is 6.16. The van der Waals surface area contributed by atoms with Gasteiger partial charge in [-0.05, 0) is 32.2 Å². The lowest BCUT2D eigenvalue weighted by molar-refractivity contribution is 0.674. The highest BCUT2D eigenvalue weighted by molar-refractivity contribution is 7.12. The molecule has 3 heteroatoms. The van der Waals surface area contributed by atoms with Crippen molar-refractivity contribution in [3.8, 4) is 11.3 Å². The van der Waals surface area contributed by atoms with E-state index < -0.39 is 0 Å². The number of nitrogens with zero attached hydrogens (tertiary/aromatic N) is 1. The average Bonchev–Trinajstić information content (AvgIpc) is 2.88. The molecule has 2 rings (SSSR count). The molecule has 1 N–H and O–H groups in total. The predicted molar refractivity (Wildman–Crippen MR) is 88.4 cm³/mol. The molecule has 1 aromatic heterocycles. The second-order valence-electron chi connectivity index (χ2n) is 5.00. The first-order valence-electron chi connectivity index (χ1n) is 7.59. The van der Waals surface area contributed by atoms with Gasteiger partial charge in [-0.1, -0.05) is 44.2 Å². The van der Waals surface area contributed by atoms with E-state index in [0.717, 1.165) is 32.4 Å². The summed E-state index contributed by atoms with van der Waals surface area (Å²) in [4.78, 5) is 6.28. The lowest BCUT2D eigenvalue weighted by Gasteiger charge is -2.04. The molecule has 0 saturated heterocycles. The number of nitrogens with one attached hydrogen (secondary N) is 1. The van der Waals surface area contributed by atoms with Crippen molar-refractivity contribution in [2.45, 2.75) is 39.5 Å². The second kappa shape index (κ2) is 8.18. The summed E-state index contributed by atoms with van der Waals surface area (Å²) < 4.78 is 0. The molecule has 0 unspecified atom stereocenters. The maximum absolute atomic E-state index is 4.86. The Labute approximate surface area is 126 Å². The van der Waals surface area contributed by atoms with Crippen molar-refractivity contribution >= 4 is 11.3 Å². The van der Waals surface area contributed by atoms with Gasteiger partial charge < -0.3 is 5.32 Å². The molecule has 0 aliphatic carbocycles. The molecule has 0 amide bonds. The van der Waals surface area contributed by atoms with Crippen LogP contribution in [0.15, 0.2) is 30.3 Å². The Morgan fingerprint density at radius 1 is 1.00 bits per heavy atom. The number of thiazole rings is 1. The molecule has 1 heterocycles. The Morgan fingerprint density at radius 2 is 1.80 bits per heavy atom. The van der Waals surface area contributed by atoms with Gasteiger partial charge in [0.05, 0.1) is 10.7 Å². The van der Waals surface area contributed by atoms with Gasteiger partial charge in [-0.2, -0.15) is 0 Å². The fourth-order valence-electron chi connectivity index (χ4n) is 2.22. The zero-order chi connectivity index (χ0) is 14.2. The summed E-state index contributed by atoms with van der Waals surface area (Å²) in [7, 11) is 0. The summed E-state index contributed by atoms with van der Waals surface area (Å²) in [6.07, 6.45) is 4.52. The van der Waals surface area contributed by atoms with Gasteiger partial charge in [-0.25, -0.2) is 4.98 Å². The minimum Gasteiger partial charge on any atom is -0.316 e. The van der Waals surface area contributed by atoms with E-state index in [0.29, 0.717) is 0 Å². The van der Waals surface area contributed by atoms with Gasteiger partial charge in [0.25, 0.3) is 0 Å². The minimum atomic E-state index is 1.04. The molecule has 108 valence electrons. The van der Waals surface area contributed by atoms with E-state index in [1.807, 2.05) is 11.3 Å². The Kier molecular flexibility index (Phi) is 6.22. The molecule has 0 spiro atoms. The van der Waals surface area contributed by atoms with Gasteiger partial charge in [-0.15, -0.1) is 11.3 Å². The fraction of sp³-hybridized carbons (Fsp3) is 0.471. The molecule has 1 aromatic carbocycles. The van der Waals surface area contributed by atoms with Crippen LogP contribution < -0.4 is 5.32 Å². The van der Waals surface area contributed by atoms with E-state index in [1.54, 1.807) is 0 Å². The smallest absolute Gasteiger partial charge is 0.0935 e. The molecule has 0 atom stereocenters. The van der Waals surface area contributed by atoms with Gasteiger partial charge in [0, 0.05) is 17.0 Å². The quantitative estimate of drug-likeness (QED) is 0.732. The van der Waals surface area contributed by atoms with Gasteiger partial charge in [0.1, 0.15) is 0 Å². The molecule has 2 aromatic rings. The average molecular weight is 288 g/mol. The molecule has 2 nitrogen and oxygen atoms in total.